The van der Waals surface area contributed by atoms with Crippen molar-refractivity contribution in [2.24, 2.45) is 5.41 Å². The number of ether oxygens (including phenoxy) is 4. The highest BCUT2D eigenvalue weighted by Crippen LogP contribution is 2.37. The lowest BCUT2D eigenvalue weighted by Crippen LogP contribution is -2.61. The van der Waals surface area contributed by atoms with Gasteiger partial charge < -0.3 is 24.3 Å². The number of piperidine rings is 1. The van der Waals surface area contributed by atoms with Crippen LogP contribution in [0.1, 0.15) is 39.2 Å². The highest BCUT2D eigenvalue weighted by Gasteiger charge is 2.44. The Bertz CT molecular complexity index is 1050. The molecule has 2 aliphatic rings. The normalized spacial score (nSPS) is 21.9. The second-order valence-electron chi connectivity index (χ2n) is 10.2. The molecule has 2 aromatic rings. The van der Waals surface area contributed by atoms with Gasteiger partial charge in [0, 0.05) is 12.8 Å². The molecule has 35 heavy (non-hydrogen) atoms. The highest BCUT2D eigenvalue weighted by molar-refractivity contribution is 5.69. The van der Waals surface area contributed by atoms with Crippen LogP contribution in [0.4, 0.5) is 20.7 Å². The first-order chi connectivity index (χ1) is 16.6. The maximum absolute atomic E-state index is 14.4. The van der Waals surface area contributed by atoms with E-state index in [1.807, 2.05) is 27.7 Å². The Hall–Kier alpha value is -3.14. The van der Waals surface area contributed by atoms with Gasteiger partial charge in [-0.3, -0.25) is 4.90 Å². The van der Waals surface area contributed by atoms with Crippen LogP contribution in [-0.2, 0) is 9.47 Å². The lowest BCUT2D eigenvalue weighted by molar-refractivity contribution is -0.0930. The van der Waals surface area contributed by atoms with Gasteiger partial charge >= 0.3 is 6.09 Å². The Morgan fingerprint density at radius 3 is 2.57 bits per heavy atom. The zero-order valence-corrected chi connectivity index (χ0v) is 20.8. The standard InChI is InChI=1S/C25H33FN4O5/c1-15-6-7-20(19(26)8-15)29-22-21(32-5)23(28-14-27-22)35-18-9-16-11-33-12-17(10-18)30(16)24(31)34-13-25(2,3)4/h6-8,14,16-18H,9-13H2,1-5H3,(H,27,28,29). The molecular formula is C25H33FN4O5. The Balaban J connectivity index is 1.47. The quantitative estimate of drug-likeness (QED) is 0.637. The molecule has 190 valence electrons. The maximum atomic E-state index is 14.4. The summed E-state index contributed by atoms with van der Waals surface area (Å²) in [5.74, 6) is 0.435. The van der Waals surface area contributed by atoms with E-state index in [9.17, 15) is 9.18 Å². The van der Waals surface area contributed by atoms with E-state index in [0.29, 0.717) is 38.5 Å². The van der Waals surface area contributed by atoms with E-state index < -0.39 is 5.82 Å². The minimum Gasteiger partial charge on any atom is -0.489 e. The Kier molecular flexibility index (Phi) is 7.30. The van der Waals surface area contributed by atoms with Gasteiger partial charge in [-0.1, -0.05) is 26.8 Å². The van der Waals surface area contributed by atoms with Gasteiger partial charge in [0.05, 0.1) is 44.7 Å². The maximum Gasteiger partial charge on any atom is 0.410 e. The predicted octanol–water partition coefficient (Wildman–Crippen LogP) is 4.47. The molecule has 2 unspecified atom stereocenters. The number of nitrogens with zero attached hydrogens (tertiary/aromatic N) is 3. The van der Waals surface area contributed by atoms with Crippen molar-refractivity contribution in [3.63, 3.8) is 0 Å². The Morgan fingerprint density at radius 2 is 1.94 bits per heavy atom. The minimum absolute atomic E-state index is 0.112. The molecule has 9 nitrogen and oxygen atoms in total. The fourth-order valence-corrected chi connectivity index (χ4v) is 4.33. The number of amides is 1. The van der Waals surface area contributed by atoms with Crippen LogP contribution < -0.4 is 14.8 Å². The van der Waals surface area contributed by atoms with E-state index in [-0.39, 0.29) is 47.0 Å². The number of aryl methyl sites for hydroxylation is 1. The SMILES string of the molecule is COc1c(Nc2ccc(C)cc2F)ncnc1OC1CC2COCC(C1)N2C(=O)OCC(C)(C)C. The molecule has 1 aromatic heterocycles. The van der Waals surface area contributed by atoms with Gasteiger partial charge in [0.2, 0.25) is 5.75 Å². The van der Waals surface area contributed by atoms with Crippen LogP contribution in [0.15, 0.2) is 24.5 Å². The summed E-state index contributed by atoms with van der Waals surface area (Å²) in [4.78, 5) is 23.1. The van der Waals surface area contributed by atoms with Crippen molar-refractivity contribution >= 4 is 17.6 Å². The van der Waals surface area contributed by atoms with Gasteiger partial charge in [-0.25, -0.2) is 14.2 Å². The predicted molar refractivity (Wildman–Crippen MR) is 128 cm³/mol. The van der Waals surface area contributed by atoms with Crippen molar-refractivity contribution in [3.05, 3.63) is 35.9 Å². The molecule has 2 saturated heterocycles. The number of anilines is 2. The molecule has 2 atom stereocenters. The van der Waals surface area contributed by atoms with E-state index in [2.05, 4.69) is 15.3 Å². The first-order valence-corrected chi connectivity index (χ1v) is 11.8. The van der Waals surface area contributed by atoms with E-state index in [4.69, 9.17) is 18.9 Å². The summed E-state index contributed by atoms with van der Waals surface area (Å²) in [6.45, 7) is 9.07. The number of halogens is 1. The summed E-state index contributed by atoms with van der Waals surface area (Å²) >= 11 is 0. The summed E-state index contributed by atoms with van der Waals surface area (Å²) in [6.07, 6.45) is 1.93. The topological polar surface area (TPSA) is 95.0 Å². The number of fused-ring (bicyclic) bond motifs is 2. The van der Waals surface area contributed by atoms with Crippen LogP contribution >= 0.6 is 0 Å². The monoisotopic (exact) mass is 488 g/mol. The molecule has 1 N–H and O–H groups in total. The van der Waals surface area contributed by atoms with Crippen LogP contribution in [0.2, 0.25) is 0 Å². The third-order valence-corrected chi connectivity index (χ3v) is 5.95. The van der Waals surface area contributed by atoms with Crippen LogP contribution in [-0.4, -0.2) is 66.1 Å². The smallest absolute Gasteiger partial charge is 0.410 e. The van der Waals surface area contributed by atoms with Gasteiger partial charge in [0.1, 0.15) is 18.2 Å². The number of carbonyl (C=O) groups excluding carboxylic acids is 1. The second-order valence-corrected chi connectivity index (χ2v) is 10.2. The van der Waals surface area contributed by atoms with Crippen molar-refractivity contribution in [2.75, 3.05) is 32.2 Å². The number of hydrogen-bond acceptors (Lipinski definition) is 8. The fourth-order valence-electron chi connectivity index (χ4n) is 4.33. The van der Waals surface area contributed by atoms with Crippen molar-refractivity contribution in [1.82, 2.24) is 14.9 Å². The summed E-state index contributed by atoms with van der Waals surface area (Å²) < 4.78 is 37.4. The van der Waals surface area contributed by atoms with Crippen LogP contribution in [0.25, 0.3) is 0 Å². The van der Waals surface area contributed by atoms with E-state index in [1.54, 1.807) is 17.0 Å². The van der Waals surface area contributed by atoms with Gasteiger partial charge in [0.25, 0.3) is 5.88 Å². The number of carbonyl (C=O) groups is 1. The van der Waals surface area contributed by atoms with Gasteiger partial charge in [0.15, 0.2) is 5.82 Å². The van der Waals surface area contributed by atoms with Crippen molar-refractivity contribution in [2.45, 2.75) is 58.7 Å². The lowest BCUT2D eigenvalue weighted by atomic mass is 9.92. The molecule has 2 fully saturated rings. The number of rotatable bonds is 6. The summed E-state index contributed by atoms with van der Waals surface area (Å²) in [6, 6.07) is 4.56. The molecule has 2 bridgehead atoms. The molecule has 0 radical (unpaired) electrons. The molecule has 10 heteroatoms. The van der Waals surface area contributed by atoms with Crippen molar-refractivity contribution in [1.29, 1.82) is 0 Å². The molecule has 3 heterocycles. The zero-order chi connectivity index (χ0) is 25.2. The van der Waals surface area contributed by atoms with Gasteiger partial charge in [-0.2, -0.15) is 4.98 Å². The third kappa shape index (κ3) is 5.93. The number of hydrogen-bond donors (Lipinski definition) is 1. The zero-order valence-electron chi connectivity index (χ0n) is 20.8. The number of nitrogens with one attached hydrogen (secondary N) is 1. The minimum atomic E-state index is -0.397. The molecule has 1 aromatic carbocycles. The molecule has 2 aliphatic heterocycles. The molecule has 0 spiro atoms. The summed E-state index contributed by atoms with van der Waals surface area (Å²) in [7, 11) is 1.48. The first-order valence-electron chi connectivity index (χ1n) is 11.8. The van der Waals surface area contributed by atoms with Gasteiger partial charge in [-0.15, -0.1) is 0 Å². The molecule has 0 aliphatic carbocycles. The molecule has 1 amide bonds. The van der Waals surface area contributed by atoms with E-state index in [0.717, 1.165) is 5.56 Å². The van der Waals surface area contributed by atoms with Crippen molar-refractivity contribution in [3.8, 4) is 11.6 Å². The van der Waals surface area contributed by atoms with Crippen LogP contribution in [0.5, 0.6) is 11.6 Å². The van der Waals surface area contributed by atoms with E-state index >= 15 is 0 Å². The molecule has 0 saturated carbocycles. The van der Waals surface area contributed by atoms with Crippen LogP contribution in [0, 0.1) is 18.2 Å². The number of aromatic nitrogens is 2. The largest absolute Gasteiger partial charge is 0.489 e. The number of methoxy groups -OCH3 is 1. The summed E-state index contributed by atoms with van der Waals surface area (Å²) in [5.41, 5.74) is 0.974. The average Bonchev–Trinajstić information content (AvgIpc) is 2.78. The fraction of sp³-hybridized carbons (Fsp3) is 0.560. The summed E-state index contributed by atoms with van der Waals surface area (Å²) in [5, 5.41) is 2.96. The van der Waals surface area contributed by atoms with Crippen LogP contribution in [0.3, 0.4) is 0 Å². The number of benzene rings is 1. The molecular weight excluding hydrogens is 455 g/mol. The molecule has 4 rings (SSSR count). The van der Waals surface area contributed by atoms with Gasteiger partial charge in [-0.05, 0) is 30.0 Å². The highest BCUT2D eigenvalue weighted by atomic mass is 19.1. The number of morpholine rings is 1. The van der Waals surface area contributed by atoms with Crippen molar-refractivity contribution < 1.29 is 28.1 Å². The first kappa shape index (κ1) is 25.0. The van der Waals surface area contributed by atoms with E-state index in [1.165, 1.54) is 19.5 Å². The Labute approximate surface area is 204 Å². The third-order valence-electron chi connectivity index (χ3n) is 5.95. The average molecular weight is 489 g/mol. The lowest BCUT2D eigenvalue weighted by Gasteiger charge is -2.47. The Morgan fingerprint density at radius 1 is 1.23 bits per heavy atom. The second kappa shape index (κ2) is 10.2.